The van der Waals surface area contributed by atoms with Crippen molar-refractivity contribution in [3.05, 3.63) is 0 Å². The van der Waals surface area contributed by atoms with Crippen molar-refractivity contribution in [2.24, 2.45) is 0 Å². The molecule has 0 heterocycles. The Morgan fingerprint density at radius 3 is 2.00 bits per heavy atom. The molecule has 0 spiro atoms. The van der Waals surface area contributed by atoms with Crippen LogP contribution in [-0.2, 0) is 9.59 Å². The first-order valence-electron chi connectivity index (χ1n) is 1.77. The topological polar surface area (TPSA) is 144 Å². The summed E-state index contributed by atoms with van der Waals surface area (Å²) in [6.07, 6.45) is -0.0181. The predicted molar refractivity (Wildman–Crippen MR) is 26.8 cm³/mol. The van der Waals surface area contributed by atoms with Crippen molar-refractivity contribution in [2.45, 2.75) is 0 Å². The zero-order valence-electron chi connectivity index (χ0n) is 5.90. The summed E-state index contributed by atoms with van der Waals surface area (Å²) < 4.78 is 0. The minimum Gasteiger partial charge on any atom is -0.548 e. The number of aliphatic carboxylic acids is 1. The number of carbonyl (C=O) groups excluding carboxylic acids is 2. The van der Waals surface area contributed by atoms with E-state index in [4.69, 9.17) is 5.21 Å². The number of hydrogen-bond donors (Lipinski definition) is 1. The Morgan fingerprint density at radius 1 is 1.55 bits per heavy atom. The molecule has 7 nitrogen and oxygen atoms in total. The van der Waals surface area contributed by atoms with Crippen LogP contribution in [0.4, 0.5) is 0 Å². The maximum absolute atomic E-state index is 9.50. The van der Waals surface area contributed by atoms with Crippen molar-refractivity contribution in [1.82, 2.24) is 5.06 Å². The molecular weight excluding hydrogens is 169 g/mol. The Morgan fingerprint density at radius 2 is 1.91 bits per heavy atom. The Bertz CT molecular complexity index is 108. The number of hydrogen-bond acceptors (Lipinski definition) is 4. The van der Waals surface area contributed by atoms with Gasteiger partial charge in [0.25, 0.3) is 0 Å². The normalized spacial score (nSPS) is 5.91. The molecule has 0 atom stereocenters. The molecule has 0 aromatic rings. The van der Waals surface area contributed by atoms with E-state index in [1.807, 2.05) is 0 Å². The first-order chi connectivity index (χ1) is 3.66. The van der Waals surface area contributed by atoms with Gasteiger partial charge in [-0.2, -0.15) is 0 Å². The van der Waals surface area contributed by atoms with Gasteiger partial charge in [0.15, 0.2) is 0 Å². The molecule has 0 aliphatic carbocycles. The molecule has 8 heteroatoms. The van der Waals surface area contributed by atoms with Crippen molar-refractivity contribution in [2.75, 3.05) is 6.54 Å². The van der Waals surface area contributed by atoms with Crippen molar-refractivity contribution in [3.8, 4) is 0 Å². The van der Waals surface area contributed by atoms with Crippen LogP contribution in [0, 0.1) is 0 Å². The Labute approximate surface area is 84.5 Å². The quantitative estimate of drug-likeness (QED) is 0.197. The van der Waals surface area contributed by atoms with Gasteiger partial charge in [-0.1, -0.05) is 0 Å². The molecule has 0 saturated heterocycles. The van der Waals surface area contributed by atoms with Crippen LogP contribution >= 0.6 is 0 Å². The molecule has 0 rings (SSSR count). The zero-order chi connectivity index (χ0) is 6.57. The molecule has 0 aliphatic heterocycles. The van der Waals surface area contributed by atoms with E-state index in [0.29, 0.717) is 0 Å². The van der Waals surface area contributed by atoms with E-state index >= 15 is 0 Å². The summed E-state index contributed by atoms with van der Waals surface area (Å²) in [6, 6.07) is 0. The van der Waals surface area contributed by atoms with E-state index in [-0.39, 0.29) is 52.0 Å². The van der Waals surface area contributed by atoms with Gasteiger partial charge in [0.05, 0.1) is 12.5 Å². The second-order valence-electron chi connectivity index (χ2n) is 1.07. The van der Waals surface area contributed by atoms with E-state index in [1.165, 1.54) is 0 Å². The van der Waals surface area contributed by atoms with E-state index in [0.717, 1.165) is 0 Å². The van der Waals surface area contributed by atoms with Gasteiger partial charge in [-0.3, -0.25) is 10.0 Å². The van der Waals surface area contributed by atoms with Crippen molar-refractivity contribution < 1.29 is 60.4 Å². The molecule has 1 amide bonds. The van der Waals surface area contributed by atoms with Gasteiger partial charge in [-0.25, -0.2) is 5.06 Å². The number of nitrogens with zero attached hydrogens (tertiary/aromatic N) is 1. The number of rotatable bonds is 3. The van der Waals surface area contributed by atoms with Crippen LogP contribution < -0.4 is 34.7 Å². The Kier molecular flexibility index (Phi) is 25.5. The monoisotopic (exact) mass is 177 g/mol. The van der Waals surface area contributed by atoms with Gasteiger partial charge < -0.3 is 20.9 Å². The largest absolute Gasteiger partial charge is 1.00 e. The van der Waals surface area contributed by atoms with Gasteiger partial charge in [0.1, 0.15) is 0 Å². The van der Waals surface area contributed by atoms with Crippen LogP contribution in [-0.4, -0.2) is 40.1 Å². The van der Waals surface area contributed by atoms with Crippen LogP contribution in [0.1, 0.15) is 0 Å². The molecule has 0 fully saturated rings. The minimum absolute atomic E-state index is 0. The van der Waals surface area contributed by atoms with Crippen molar-refractivity contribution in [3.63, 3.8) is 0 Å². The molecule has 0 radical (unpaired) electrons. The number of carboxylic acids is 1. The Balaban J connectivity index is -0.0000000817. The minimum atomic E-state index is -1.50. The fraction of sp³-hybridized carbons (Fsp3) is 0.333. The first-order valence-corrected chi connectivity index (χ1v) is 1.77. The van der Waals surface area contributed by atoms with Gasteiger partial charge in [-0.05, 0) is 0 Å². The van der Waals surface area contributed by atoms with Gasteiger partial charge in [0.2, 0.25) is 6.41 Å². The summed E-state index contributed by atoms with van der Waals surface area (Å²) in [4.78, 5) is 18.9. The SMILES string of the molecule is O.O.O=CN(O)CC(=O)[O-].[Na+]. The van der Waals surface area contributed by atoms with Crippen LogP contribution in [0.5, 0.6) is 0 Å². The van der Waals surface area contributed by atoms with E-state index in [1.54, 1.807) is 0 Å². The third-order valence-corrected chi connectivity index (χ3v) is 0.413. The molecule has 5 N–H and O–H groups in total. The number of hydroxylamine groups is 2. The van der Waals surface area contributed by atoms with Crippen LogP contribution in [0.2, 0.25) is 0 Å². The summed E-state index contributed by atoms with van der Waals surface area (Å²) in [6.45, 7) is -0.788. The molecule has 0 unspecified atom stereocenters. The standard InChI is InChI=1S/C3H5NO4.Na.2H2O/c5-2-4(8)1-3(6)7;;;/h2,8H,1H2,(H,6,7);;2*1H2/q;+1;;/p-1. The molecule has 11 heavy (non-hydrogen) atoms. The molecule has 0 bridgehead atoms. The van der Waals surface area contributed by atoms with E-state index in [2.05, 4.69) is 0 Å². The summed E-state index contributed by atoms with van der Waals surface area (Å²) in [5.74, 6) is -1.50. The maximum Gasteiger partial charge on any atom is 1.00 e. The Hall–Kier alpha value is -0.180. The van der Waals surface area contributed by atoms with Gasteiger partial charge >= 0.3 is 29.6 Å². The van der Waals surface area contributed by atoms with E-state index in [9.17, 15) is 14.7 Å². The fourth-order valence-electron chi connectivity index (χ4n) is 0.170. The molecule has 0 aliphatic rings. The molecule has 62 valence electrons. The second kappa shape index (κ2) is 12.5. The molecule has 0 aromatic heterocycles. The molecular formula is C3H8NNaO6. The number of amides is 1. The molecule has 0 saturated carbocycles. The second-order valence-corrected chi connectivity index (χ2v) is 1.07. The van der Waals surface area contributed by atoms with E-state index < -0.39 is 12.5 Å². The van der Waals surface area contributed by atoms with Crippen LogP contribution in [0.25, 0.3) is 0 Å². The maximum atomic E-state index is 9.50. The number of carbonyl (C=O) groups is 2. The third kappa shape index (κ3) is 17.7. The van der Waals surface area contributed by atoms with Crippen LogP contribution in [0.3, 0.4) is 0 Å². The van der Waals surface area contributed by atoms with Gasteiger partial charge in [0, 0.05) is 0 Å². The smallest absolute Gasteiger partial charge is 0.548 e. The summed E-state index contributed by atoms with van der Waals surface area (Å²) in [7, 11) is 0. The van der Waals surface area contributed by atoms with Crippen molar-refractivity contribution >= 4 is 12.4 Å². The summed E-state index contributed by atoms with van der Waals surface area (Å²) in [5.41, 5.74) is 0. The predicted octanol–water partition coefficient (Wildman–Crippen LogP) is -7.06. The van der Waals surface area contributed by atoms with Crippen LogP contribution in [0.15, 0.2) is 0 Å². The first kappa shape index (κ1) is 22.4. The average Bonchev–Trinajstić information content (AvgIpc) is 1.65. The fourth-order valence-corrected chi connectivity index (χ4v) is 0.170. The zero-order valence-corrected chi connectivity index (χ0v) is 7.90. The van der Waals surface area contributed by atoms with Gasteiger partial charge in [-0.15, -0.1) is 0 Å². The number of carboxylic acid groups (broad SMARTS) is 1. The summed E-state index contributed by atoms with van der Waals surface area (Å²) in [5, 5.41) is 17.6. The molecule has 0 aromatic carbocycles. The van der Waals surface area contributed by atoms with Crippen molar-refractivity contribution in [1.29, 1.82) is 0 Å². The third-order valence-electron chi connectivity index (χ3n) is 0.413. The summed E-state index contributed by atoms with van der Waals surface area (Å²) >= 11 is 0. The average molecular weight is 177 g/mol.